The first-order chi connectivity index (χ1) is 14.9. The number of Topliss-reactive ketones (excluding diaryl/α,β-unsaturated/α-hetero) is 1. The maximum Gasteiger partial charge on any atom is 0.243 e. The summed E-state index contributed by atoms with van der Waals surface area (Å²) in [5.74, 6) is -0.0935. The first-order valence-corrected chi connectivity index (χ1v) is 12.3. The number of piperidine rings is 1. The van der Waals surface area contributed by atoms with Crippen LogP contribution >= 0.6 is 0 Å². The van der Waals surface area contributed by atoms with Gasteiger partial charge < -0.3 is 4.90 Å². The summed E-state index contributed by atoms with van der Waals surface area (Å²) in [6.45, 7) is 2.73. The number of ketones is 1. The molecule has 0 spiro atoms. The van der Waals surface area contributed by atoms with Crippen LogP contribution in [0.5, 0.6) is 0 Å². The van der Waals surface area contributed by atoms with Crippen LogP contribution in [0.1, 0.15) is 48.5 Å². The molecule has 31 heavy (non-hydrogen) atoms. The van der Waals surface area contributed by atoms with Crippen LogP contribution in [0.4, 0.5) is 0 Å². The Morgan fingerprint density at radius 3 is 2.10 bits per heavy atom. The third-order valence-electron chi connectivity index (χ3n) is 6.17. The lowest BCUT2D eigenvalue weighted by Gasteiger charge is -2.34. The zero-order chi connectivity index (χ0) is 22.0. The van der Waals surface area contributed by atoms with Gasteiger partial charge >= 0.3 is 0 Å². The van der Waals surface area contributed by atoms with Gasteiger partial charge in [0.1, 0.15) is 0 Å². The molecule has 4 rings (SSSR count). The summed E-state index contributed by atoms with van der Waals surface area (Å²) >= 11 is 0. The van der Waals surface area contributed by atoms with E-state index in [2.05, 4.69) is 0 Å². The second kappa shape index (κ2) is 8.93. The lowest BCUT2D eigenvalue weighted by molar-refractivity contribution is -0.138. The monoisotopic (exact) mass is 440 g/mol. The van der Waals surface area contributed by atoms with Gasteiger partial charge in [-0.1, -0.05) is 42.5 Å². The van der Waals surface area contributed by atoms with Crippen LogP contribution in [0.2, 0.25) is 0 Å². The van der Waals surface area contributed by atoms with Crippen LogP contribution in [-0.2, 0) is 21.4 Å². The number of hydrogen-bond acceptors (Lipinski definition) is 4. The minimum absolute atomic E-state index is 0.0982. The van der Waals surface area contributed by atoms with Gasteiger partial charge in [-0.3, -0.25) is 9.59 Å². The maximum atomic E-state index is 13.2. The highest BCUT2D eigenvalue weighted by Gasteiger charge is 2.38. The Morgan fingerprint density at radius 1 is 0.935 bits per heavy atom. The summed E-state index contributed by atoms with van der Waals surface area (Å²) in [5.41, 5.74) is 1.61. The van der Waals surface area contributed by atoms with Crippen molar-refractivity contribution >= 4 is 21.7 Å². The van der Waals surface area contributed by atoms with Crippen LogP contribution < -0.4 is 0 Å². The van der Waals surface area contributed by atoms with E-state index < -0.39 is 10.0 Å². The van der Waals surface area contributed by atoms with Gasteiger partial charge in [-0.2, -0.15) is 4.31 Å². The van der Waals surface area contributed by atoms with E-state index in [1.54, 1.807) is 12.1 Å². The largest absolute Gasteiger partial charge is 0.335 e. The molecule has 1 aliphatic heterocycles. The van der Waals surface area contributed by atoms with Crippen LogP contribution in [0.15, 0.2) is 59.5 Å². The van der Waals surface area contributed by atoms with Gasteiger partial charge in [0, 0.05) is 37.2 Å². The minimum atomic E-state index is -3.63. The summed E-state index contributed by atoms with van der Waals surface area (Å²) in [7, 11) is -3.63. The molecule has 2 aromatic carbocycles. The normalized spacial score (nSPS) is 18.0. The zero-order valence-corrected chi connectivity index (χ0v) is 18.6. The van der Waals surface area contributed by atoms with Crippen molar-refractivity contribution in [2.24, 2.45) is 5.92 Å². The molecule has 2 fully saturated rings. The van der Waals surface area contributed by atoms with Crippen molar-refractivity contribution in [1.82, 2.24) is 9.21 Å². The highest BCUT2D eigenvalue weighted by molar-refractivity contribution is 7.89. The highest BCUT2D eigenvalue weighted by Crippen LogP contribution is 2.32. The lowest BCUT2D eigenvalue weighted by Crippen LogP contribution is -2.44. The molecule has 6 nitrogen and oxygen atoms in total. The molecule has 0 bridgehead atoms. The molecule has 1 amide bonds. The first-order valence-electron chi connectivity index (χ1n) is 10.8. The highest BCUT2D eigenvalue weighted by atomic mass is 32.2. The van der Waals surface area contributed by atoms with Gasteiger partial charge in [-0.25, -0.2) is 8.42 Å². The van der Waals surface area contributed by atoms with E-state index >= 15 is 0 Å². The molecule has 0 radical (unpaired) electrons. The third kappa shape index (κ3) is 4.88. The molecule has 0 aromatic heterocycles. The molecule has 1 aliphatic carbocycles. The topological polar surface area (TPSA) is 74.8 Å². The fourth-order valence-electron chi connectivity index (χ4n) is 4.14. The number of benzene rings is 2. The van der Waals surface area contributed by atoms with Crippen molar-refractivity contribution in [1.29, 1.82) is 0 Å². The van der Waals surface area contributed by atoms with Crippen molar-refractivity contribution in [3.8, 4) is 0 Å². The summed E-state index contributed by atoms with van der Waals surface area (Å²) in [6.07, 6.45) is 3.15. The number of carbonyl (C=O) groups is 2. The summed E-state index contributed by atoms with van der Waals surface area (Å²) in [6, 6.07) is 16.4. The smallest absolute Gasteiger partial charge is 0.243 e. The van der Waals surface area contributed by atoms with Gasteiger partial charge in [-0.15, -0.1) is 0 Å². The Kier molecular flexibility index (Phi) is 6.25. The van der Waals surface area contributed by atoms with E-state index in [1.165, 1.54) is 23.4 Å². The van der Waals surface area contributed by atoms with Crippen molar-refractivity contribution in [3.63, 3.8) is 0 Å². The molecule has 1 heterocycles. The van der Waals surface area contributed by atoms with Crippen molar-refractivity contribution in [3.05, 3.63) is 65.7 Å². The summed E-state index contributed by atoms with van der Waals surface area (Å²) in [5, 5.41) is 0. The van der Waals surface area contributed by atoms with E-state index in [4.69, 9.17) is 0 Å². The van der Waals surface area contributed by atoms with E-state index in [-0.39, 0.29) is 22.5 Å². The second-order valence-corrected chi connectivity index (χ2v) is 10.4. The molecule has 2 aliphatic rings. The van der Waals surface area contributed by atoms with Gasteiger partial charge in [0.15, 0.2) is 5.78 Å². The molecule has 0 N–H and O–H groups in total. The van der Waals surface area contributed by atoms with E-state index in [0.717, 1.165) is 18.4 Å². The molecule has 1 saturated heterocycles. The Bertz CT molecular complexity index is 1040. The van der Waals surface area contributed by atoms with E-state index in [1.807, 2.05) is 35.2 Å². The van der Waals surface area contributed by atoms with Crippen LogP contribution in [0.25, 0.3) is 0 Å². The molecule has 1 saturated carbocycles. The summed E-state index contributed by atoms with van der Waals surface area (Å²) in [4.78, 5) is 26.8. The van der Waals surface area contributed by atoms with Crippen molar-refractivity contribution < 1.29 is 18.0 Å². The predicted octanol–water partition coefficient (Wildman–Crippen LogP) is 3.48. The van der Waals surface area contributed by atoms with Crippen LogP contribution in [-0.4, -0.2) is 48.4 Å². The van der Waals surface area contributed by atoms with E-state index in [9.17, 15) is 18.0 Å². The zero-order valence-electron chi connectivity index (χ0n) is 17.7. The average Bonchev–Trinajstić information content (AvgIpc) is 3.63. The Labute approximate surface area is 183 Å². The molecular weight excluding hydrogens is 412 g/mol. The van der Waals surface area contributed by atoms with Crippen molar-refractivity contribution in [2.75, 3.05) is 13.1 Å². The fourth-order valence-corrected chi connectivity index (χ4v) is 5.61. The Morgan fingerprint density at radius 2 is 1.55 bits per heavy atom. The fraction of sp³-hybridized carbons (Fsp3) is 0.417. The van der Waals surface area contributed by atoms with Crippen LogP contribution in [0.3, 0.4) is 0 Å². The van der Waals surface area contributed by atoms with Gasteiger partial charge in [-0.05, 0) is 50.3 Å². The molecule has 2 aromatic rings. The molecule has 0 unspecified atom stereocenters. The quantitative estimate of drug-likeness (QED) is 0.618. The molecule has 7 heteroatoms. The number of hydrogen-bond donors (Lipinski definition) is 0. The standard InChI is InChI=1S/C24H28N2O4S/c1-18(27)20-7-11-23(12-8-20)31(29,30)25-15-13-21(14-16-25)24(28)26(22-9-10-22)17-19-5-3-2-4-6-19/h2-8,11-12,21-22H,9-10,13-17H2,1H3. The maximum absolute atomic E-state index is 13.2. The Hall–Kier alpha value is -2.51. The Balaban J connectivity index is 1.40. The first kappa shape index (κ1) is 21.7. The van der Waals surface area contributed by atoms with Gasteiger partial charge in [0.2, 0.25) is 15.9 Å². The SMILES string of the molecule is CC(=O)c1ccc(S(=O)(=O)N2CCC(C(=O)N(Cc3ccccc3)C3CC3)CC2)cc1. The van der Waals surface area contributed by atoms with Crippen LogP contribution in [0, 0.1) is 5.92 Å². The molecular formula is C24H28N2O4S. The van der Waals surface area contributed by atoms with Gasteiger partial charge in [0.05, 0.1) is 4.90 Å². The van der Waals surface area contributed by atoms with Gasteiger partial charge in [0.25, 0.3) is 0 Å². The lowest BCUT2D eigenvalue weighted by atomic mass is 9.96. The number of sulfonamides is 1. The number of nitrogens with zero attached hydrogens (tertiary/aromatic N) is 2. The summed E-state index contributed by atoms with van der Waals surface area (Å²) < 4.78 is 27.4. The van der Waals surface area contributed by atoms with E-state index in [0.29, 0.717) is 44.1 Å². The molecule has 0 atom stereocenters. The third-order valence-corrected chi connectivity index (χ3v) is 8.08. The predicted molar refractivity (Wildman–Crippen MR) is 118 cm³/mol. The van der Waals surface area contributed by atoms with Crippen molar-refractivity contribution in [2.45, 2.75) is 50.1 Å². The number of carbonyl (C=O) groups excluding carboxylic acids is 2. The average molecular weight is 441 g/mol. The minimum Gasteiger partial charge on any atom is -0.335 e. The molecule has 164 valence electrons. The number of amides is 1. The number of rotatable bonds is 7. The second-order valence-electron chi connectivity index (χ2n) is 8.44.